The minimum absolute atomic E-state index is 0.148. The fourth-order valence-corrected chi connectivity index (χ4v) is 3.09. The summed E-state index contributed by atoms with van der Waals surface area (Å²) in [6.07, 6.45) is 9.61. The van der Waals surface area contributed by atoms with Gasteiger partial charge < -0.3 is 4.74 Å². The topological polar surface area (TPSA) is 69.7 Å². The summed E-state index contributed by atoms with van der Waals surface area (Å²) >= 11 is 0. The Hall–Kier alpha value is -1.66. The Bertz CT molecular complexity index is 632. The maximum Gasteiger partial charge on any atom is 0.302 e. The lowest BCUT2D eigenvalue weighted by Gasteiger charge is -2.04. The molecule has 0 radical (unpaired) electrons. The monoisotopic (exact) mass is 368 g/mol. The Morgan fingerprint density at radius 3 is 2.28 bits per heavy atom. The van der Waals surface area contributed by atoms with Crippen molar-refractivity contribution in [1.29, 1.82) is 0 Å². The van der Waals surface area contributed by atoms with Crippen LogP contribution in [0.25, 0.3) is 0 Å². The highest BCUT2D eigenvalue weighted by Gasteiger charge is 2.13. The first-order valence-corrected chi connectivity index (χ1v) is 10.1. The number of carbonyl (C=O) groups is 1. The van der Waals surface area contributed by atoms with Crippen LogP contribution in [0.4, 0.5) is 0 Å². The molecule has 1 aromatic rings. The molecule has 0 saturated heterocycles. The predicted octanol–water partition coefficient (Wildman–Crippen LogP) is 4.16. The molecule has 1 rings (SSSR count). The minimum atomic E-state index is -3.66. The lowest BCUT2D eigenvalue weighted by atomic mass is 10.1. The average molecular weight is 368 g/mol. The Labute approximate surface area is 151 Å². The first kappa shape index (κ1) is 21.4. The van der Waals surface area contributed by atoms with Crippen LogP contribution in [0.15, 0.2) is 41.3 Å². The highest BCUT2D eigenvalue weighted by Crippen LogP contribution is 2.13. The van der Waals surface area contributed by atoms with Crippen LogP contribution in [-0.2, 0) is 23.8 Å². The number of hydrogen-bond donors (Lipinski definition) is 0. The van der Waals surface area contributed by atoms with E-state index in [1.165, 1.54) is 6.92 Å². The van der Waals surface area contributed by atoms with Crippen molar-refractivity contribution in [2.24, 2.45) is 0 Å². The summed E-state index contributed by atoms with van der Waals surface area (Å²) in [5.74, 6) is -0.227. The number of hydrogen-bond acceptors (Lipinski definition) is 5. The van der Waals surface area contributed by atoms with E-state index in [2.05, 4.69) is 0 Å². The molecule has 0 bridgehead atoms. The third-order valence-electron chi connectivity index (χ3n) is 3.57. The number of ether oxygens (including phenoxy) is 1. The van der Waals surface area contributed by atoms with E-state index in [0.29, 0.717) is 13.0 Å². The SMILES string of the molecule is CC(=O)OCCCCCC/C=C/CCOS(=O)(=O)c1ccc(C)cc1. The third-order valence-corrected chi connectivity index (χ3v) is 4.90. The standard InChI is InChI=1S/C19H28O5S/c1-17-11-13-19(14-12-17)25(21,22)24-16-10-8-6-4-3-5-7-9-15-23-18(2)20/h6,8,11-14H,3-5,7,9-10,15-16H2,1-2H3/b8-6+. The van der Waals surface area contributed by atoms with Crippen LogP contribution in [0.2, 0.25) is 0 Å². The molecule has 0 heterocycles. The zero-order chi connectivity index (χ0) is 18.5. The van der Waals surface area contributed by atoms with Gasteiger partial charge in [0.25, 0.3) is 10.1 Å². The molecule has 0 atom stereocenters. The summed E-state index contributed by atoms with van der Waals surface area (Å²) in [6, 6.07) is 6.62. The summed E-state index contributed by atoms with van der Waals surface area (Å²) < 4.78 is 33.8. The van der Waals surface area contributed by atoms with E-state index in [1.807, 2.05) is 19.1 Å². The second-order valence-electron chi connectivity index (χ2n) is 5.89. The molecule has 0 fully saturated rings. The molecule has 0 aliphatic carbocycles. The molecule has 0 amide bonds. The molecule has 25 heavy (non-hydrogen) atoms. The molecule has 0 saturated carbocycles. The van der Waals surface area contributed by atoms with E-state index < -0.39 is 10.1 Å². The zero-order valence-corrected chi connectivity index (χ0v) is 15.9. The summed E-state index contributed by atoms with van der Waals surface area (Å²) in [4.78, 5) is 10.8. The van der Waals surface area contributed by atoms with Gasteiger partial charge in [-0.2, -0.15) is 8.42 Å². The van der Waals surface area contributed by atoms with Crippen LogP contribution in [0.3, 0.4) is 0 Å². The van der Waals surface area contributed by atoms with Crippen molar-refractivity contribution >= 4 is 16.1 Å². The van der Waals surface area contributed by atoms with Gasteiger partial charge in [-0.25, -0.2) is 0 Å². The van der Waals surface area contributed by atoms with Crippen molar-refractivity contribution in [1.82, 2.24) is 0 Å². The molecule has 0 unspecified atom stereocenters. The number of benzene rings is 1. The van der Waals surface area contributed by atoms with Gasteiger partial charge in [0.2, 0.25) is 0 Å². The second kappa shape index (κ2) is 11.8. The minimum Gasteiger partial charge on any atom is -0.466 e. The number of carbonyl (C=O) groups excluding carboxylic acids is 1. The normalized spacial score (nSPS) is 11.8. The molecule has 0 aromatic heterocycles. The lowest BCUT2D eigenvalue weighted by molar-refractivity contribution is -0.141. The molecule has 0 aliphatic heterocycles. The van der Waals surface area contributed by atoms with Crippen LogP contribution in [0, 0.1) is 6.92 Å². The van der Waals surface area contributed by atoms with Gasteiger partial charge in [0.05, 0.1) is 18.1 Å². The van der Waals surface area contributed by atoms with E-state index in [9.17, 15) is 13.2 Å². The van der Waals surface area contributed by atoms with Crippen LogP contribution < -0.4 is 0 Å². The first-order chi connectivity index (χ1) is 11.9. The molecular weight excluding hydrogens is 340 g/mol. The quantitative estimate of drug-likeness (QED) is 0.240. The molecule has 0 N–H and O–H groups in total. The number of esters is 1. The summed E-state index contributed by atoms with van der Waals surface area (Å²) in [5, 5.41) is 0. The van der Waals surface area contributed by atoms with Gasteiger partial charge in [-0.05, 0) is 44.7 Å². The maximum absolute atomic E-state index is 12.0. The van der Waals surface area contributed by atoms with E-state index in [0.717, 1.165) is 37.7 Å². The Balaban J connectivity index is 2.08. The van der Waals surface area contributed by atoms with Gasteiger partial charge in [-0.3, -0.25) is 8.98 Å². The van der Waals surface area contributed by atoms with Gasteiger partial charge in [-0.1, -0.05) is 42.7 Å². The number of unbranched alkanes of at least 4 members (excludes halogenated alkanes) is 4. The van der Waals surface area contributed by atoms with Gasteiger partial charge in [-0.15, -0.1) is 0 Å². The van der Waals surface area contributed by atoms with E-state index in [-0.39, 0.29) is 17.5 Å². The Kier molecular flexibility index (Phi) is 10.1. The van der Waals surface area contributed by atoms with Crippen molar-refractivity contribution in [3.63, 3.8) is 0 Å². The summed E-state index contributed by atoms with van der Waals surface area (Å²) in [7, 11) is -3.66. The second-order valence-corrected chi connectivity index (χ2v) is 7.51. The van der Waals surface area contributed by atoms with Gasteiger partial charge >= 0.3 is 5.97 Å². The smallest absolute Gasteiger partial charge is 0.302 e. The van der Waals surface area contributed by atoms with Crippen molar-refractivity contribution in [2.45, 2.75) is 57.3 Å². The van der Waals surface area contributed by atoms with E-state index >= 15 is 0 Å². The summed E-state index contributed by atoms with van der Waals surface area (Å²) in [6.45, 7) is 3.97. The molecule has 5 nitrogen and oxygen atoms in total. The van der Waals surface area contributed by atoms with E-state index in [4.69, 9.17) is 8.92 Å². The highest BCUT2D eigenvalue weighted by molar-refractivity contribution is 7.86. The van der Waals surface area contributed by atoms with Gasteiger partial charge in [0, 0.05) is 6.92 Å². The Morgan fingerprint density at radius 1 is 0.960 bits per heavy atom. The van der Waals surface area contributed by atoms with Crippen LogP contribution in [0.5, 0.6) is 0 Å². The maximum atomic E-state index is 12.0. The van der Waals surface area contributed by atoms with Crippen molar-refractivity contribution in [3.05, 3.63) is 42.0 Å². The Morgan fingerprint density at radius 2 is 1.60 bits per heavy atom. The molecule has 0 aliphatic rings. The van der Waals surface area contributed by atoms with Crippen LogP contribution >= 0.6 is 0 Å². The molecular formula is C19H28O5S. The molecule has 6 heteroatoms. The van der Waals surface area contributed by atoms with E-state index in [1.54, 1.807) is 24.3 Å². The zero-order valence-electron chi connectivity index (χ0n) is 15.1. The molecule has 0 spiro atoms. The van der Waals surface area contributed by atoms with Gasteiger partial charge in [0.1, 0.15) is 0 Å². The predicted molar refractivity (Wildman–Crippen MR) is 97.8 cm³/mol. The van der Waals surface area contributed by atoms with Gasteiger partial charge in [0.15, 0.2) is 0 Å². The number of rotatable bonds is 12. The van der Waals surface area contributed by atoms with Crippen LogP contribution in [-0.4, -0.2) is 27.6 Å². The third kappa shape index (κ3) is 10.0. The van der Waals surface area contributed by atoms with Crippen molar-refractivity contribution in [2.75, 3.05) is 13.2 Å². The molecule has 1 aromatic carbocycles. The van der Waals surface area contributed by atoms with Crippen molar-refractivity contribution < 1.29 is 22.1 Å². The number of aryl methyl sites for hydroxylation is 1. The summed E-state index contributed by atoms with van der Waals surface area (Å²) in [5.41, 5.74) is 1.01. The molecule has 140 valence electrons. The lowest BCUT2D eigenvalue weighted by Crippen LogP contribution is -2.07. The number of allylic oxidation sites excluding steroid dienone is 1. The largest absolute Gasteiger partial charge is 0.466 e. The van der Waals surface area contributed by atoms with Crippen LogP contribution in [0.1, 0.15) is 51.0 Å². The average Bonchev–Trinajstić information content (AvgIpc) is 2.56. The highest BCUT2D eigenvalue weighted by atomic mass is 32.2. The first-order valence-electron chi connectivity index (χ1n) is 8.66. The fraction of sp³-hybridized carbons (Fsp3) is 0.526. The fourth-order valence-electron chi connectivity index (χ4n) is 2.17. The van der Waals surface area contributed by atoms with Crippen molar-refractivity contribution in [3.8, 4) is 0 Å².